The van der Waals surface area contributed by atoms with Gasteiger partial charge in [0.25, 0.3) is 0 Å². The van der Waals surface area contributed by atoms with E-state index in [1.807, 2.05) is 67.0 Å². The molecule has 0 unspecified atom stereocenters. The van der Waals surface area contributed by atoms with Gasteiger partial charge in [0, 0.05) is 49.5 Å². The smallest absolute Gasteiger partial charge is 0.410 e. The summed E-state index contributed by atoms with van der Waals surface area (Å²) in [6.45, 7) is 6.60. The molecule has 3 aliphatic rings. The molecule has 1 aliphatic carbocycles. The van der Waals surface area contributed by atoms with Gasteiger partial charge < -0.3 is 28.5 Å². The van der Waals surface area contributed by atoms with E-state index in [2.05, 4.69) is 11.2 Å². The number of halogens is 4. The van der Waals surface area contributed by atoms with Crippen molar-refractivity contribution in [2.45, 2.75) is 109 Å². The van der Waals surface area contributed by atoms with Crippen LogP contribution in [-0.2, 0) is 33.8 Å². The fourth-order valence-electron chi connectivity index (χ4n) is 8.18. The van der Waals surface area contributed by atoms with Gasteiger partial charge in [0.2, 0.25) is 5.91 Å². The lowest BCUT2D eigenvalue weighted by Crippen LogP contribution is -2.56. The topological polar surface area (TPSA) is 94.3 Å². The van der Waals surface area contributed by atoms with E-state index in [1.54, 1.807) is 7.11 Å². The van der Waals surface area contributed by atoms with Gasteiger partial charge in [-0.15, -0.1) is 0 Å². The number of ether oxygens (including phenoxy) is 3. The SMILES string of the molecule is COCCCc1ccc(Cl)c(CN(C(=O)[C@@H]2[C@@H](c3ccc(OCc4cc(-c5c(F)ccc(F)c5Cl)no4)cc3)C[C@@H]3CC[C@H]2N3C(=O)OC(C)(C)C)C2CC2)c1. The van der Waals surface area contributed by atoms with Crippen LogP contribution in [0.1, 0.15) is 87.7 Å². The van der Waals surface area contributed by atoms with Gasteiger partial charge in [-0.3, -0.25) is 4.79 Å². The molecule has 3 aromatic carbocycles. The molecule has 3 heterocycles. The molecular weight excluding hydrogens is 763 g/mol. The van der Waals surface area contributed by atoms with Crippen molar-refractivity contribution in [3.05, 3.63) is 105 Å². The largest absolute Gasteiger partial charge is 0.486 e. The van der Waals surface area contributed by atoms with Crippen LogP contribution >= 0.6 is 23.2 Å². The summed E-state index contributed by atoms with van der Waals surface area (Å²) in [5.41, 5.74) is 2.23. The highest BCUT2D eigenvalue weighted by molar-refractivity contribution is 6.33. The molecule has 2 saturated heterocycles. The third kappa shape index (κ3) is 8.85. The van der Waals surface area contributed by atoms with Gasteiger partial charge in [0.1, 0.15) is 35.3 Å². The lowest BCUT2D eigenvalue weighted by Gasteiger charge is -2.45. The second-order valence-corrected chi connectivity index (χ2v) is 16.8. The molecule has 2 amide bonds. The summed E-state index contributed by atoms with van der Waals surface area (Å²) in [4.78, 5) is 32.7. The number of hydrogen-bond donors (Lipinski definition) is 0. The number of carbonyl (C=O) groups is 2. The molecular formula is C43H47Cl2F2N3O6. The van der Waals surface area contributed by atoms with Crippen LogP contribution in [0.4, 0.5) is 13.6 Å². The molecule has 13 heteroatoms. The van der Waals surface area contributed by atoms with E-state index >= 15 is 4.79 Å². The van der Waals surface area contributed by atoms with Crippen LogP contribution in [0.2, 0.25) is 10.0 Å². The maximum atomic E-state index is 15.1. The Labute approximate surface area is 336 Å². The minimum absolute atomic E-state index is 0.0209. The second-order valence-electron chi connectivity index (χ2n) is 16.0. The maximum Gasteiger partial charge on any atom is 0.410 e. The van der Waals surface area contributed by atoms with Gasteiger partial charge in [0.05, 0.1) is 16.5 Å². The molecule has 2 bridgehead atoms. The van der Waals surface area contributed by atoms with Crippen molar-refractivity contribution in [3.8, 4) is 17.0 Å². The molecule has 2 aliphatic heterocycles. The summed E-state index contributed by atoms with van der Waals surface area (Å²) in [6.07, 6.45) is 5.28. The number of aromatic nitrogens is 1. The molecule has 0 spiro atoms. The van der Waals surface area contributed by atoms with Crippen molar-refractivity contribution in [2.75, 3.05) is 13.7 Å². The van der Waals surface area contributed by atoms with E-state index in [0.29, 0.717) is 42.5 Å². The van der Waals surface area contributed by atoms with Crippen LogP contribution in [0.3, 0.4) is 0 Å². The molecule has 0 N–H and O–H groups in total. The summed E-state index contributed by atoms with van der Waals surface area (Å²) in [6, 6.07) is 16.8. The molecule has 298 valence electrons. The lowest BCUT2D eigenvalue weighted by molar-refractivity contribution is -0.141. The van der Waals surface area contributed by atoms with Gasteiger partial charge in [0.15, 0.2) is 5.76 Å². The minimum Gasteiger partial charge on any atom is -0.486 e. The molecule has 4 atom stereocenters. The Morgan fingerprint density at radius 1 is 0.982 bits per heavy atom. The Morgan fingerprint density at radius 2 is 1.73 bits per heavy atom. The van der Waals surface area contributed by atoms with E-state index < -0.39 is 23.2 Å². The van der Waals surface area contributed by atoms with Crippen molar-refractivity contribution in [1.82, 2.24) is 15.0 Å². The number of carbonyl (C=O) groups excluding carboxylic acids is 2. The standard InChI is InChI=1S/C43H47Cl2F2N3O6/c1-43(2,3)55-42(52)50-29-12-18-37(50)38(41(51)49(28-10-11-28)23-27-20-25(6-5-19-53-4)7-15-33(27)44)32(21-29)26-8-13-30(14-9-26)54-24-31-22-36(48-56-31)39-34(46)16-17-35(47)40(39)45/h7-9,13-17,20,22,28-29,32,37-38H,5-6,10-12,18-19,21,23-24H2,1-4H3/t29-,32+,37+,38+/m0/s1. The van der Waals surface area contributed by atoms with E-state index in [1.165, 1.54) is 6.07 Å². The second kappa shape index (κ2) is 16.7. The highest BCUT2D eigenvalue weighted by atomic mass is 35.5. The number of aryl methyl sites for hydroxylation is 1. The number of methoxy groups -OCH3 is 1. The van der Waals surface area contributed by atoms with Crippen LogP contribution in [0.5, 0.6) is 5.75 Å². The zero-order valence-electron chi connectivity index (χ0n) is 32.0. The van der Waals surface area contributed by atoms with Crippen LogP contribution in [-0.4, -0.2) is 64.4 Å². The average molecular weight is 811 g/mol. The number of piperidine rings is 1. The molecule has 56 heavy (non-hydrogen) atoms. The van der Waals surface area contributed by atoms with Gasteiger partial charge in [-0.1, -0.05) is 52.6 Å². The van der Waals surface area contributed by atoms with Crippen molar-refractivity contribution in [3.63, 3.8) is 0 Å². The van der Waals surface area contributed by atoms with E-state index in [9.17, 15) is 13.6 Å². The highest BCUT2D eigenvalue weighted by Crippen LogP contribution is 2.49. The Hall–Kier alpha value is -4.19. The Bertz CT molecular complexity index is 2050. The first-order valence-corrected chi connectivity index (χ1v) is 20.0. The normalized spacial score (nSPS) is 20.6. The number of hydrogen-bond acceptors (Lipinski definition) is 7. The summed E-state index contributed by atoms with van der Waals surface area (Å²) in [5.74, 6) is -1.29. The quantitative estimate of drug-likeness (QED) is 0.0981. The summed E-state index contributed by atoms with van der Waals surface area (Å²) in [5, 5.41) is 4.11. The van der Waals surface area contributed by atoms with E-state index in [4.69, 9.17) is 41.9 Å². The third-order valence-corrected chi connectivity index (χ3v) is 11.6. The van der Waals surface area contributed by atoms with E-state index in [-0.39, 0.29) is 58.9 Å². The zero-order chi connectivity index (χ0) is 39.7. The molecule has 3 fully saturated rings. The first-order valence-electron chi connectivity index (χ1n) is 19.2. The van der Waals surface area contributed by atoms with Gasteiger partial charge >= 0.3 is 6.09 Å². The summed E-state index contributed by atoms with van der Waals surface area (Å²) < 4.78 is 51.0. The average Bonchev–Trinajstić information content (AvgIpc) is 3.81. The van der Waals surface area contributed by atoms with Crippen molar-refractivity contribution in [1.29, 1.82) is 0 Å². The van der Waals surface area contributed by atoms with Crippen LogP contribution in [0, 0.1) is 17.6 Å². The minimum atomic E-state index is -0.764. The summed E-state index contributed by atoms with van der Waals surface area (Å²) in [7, 11) is 1.69. The highest BCUT2D eigenvalue weighted by Gasteiger charge is 2.55. The number of rotatable bonds is 13. The summed E-state index contributed by atoms with van der Waals surface area (Å²) >= 11 is 12.8. The first kappa shape index (κ1) is 40.0. The fraction of sp³-hybridized carbons (Fsp3) is 0.465. The number of benzene rings is 3. The number of fused-ring (bicyclic) bond motifs is 2. The van der Waals surface area contributed by atoms with Gasteiger partial charge in [-0.25, -0.2) is 13.6 Å². The molecule has 1 aromatic heterocycles. The predicted molar refractivity (Wildman–Crippen MR) is 209 cm³/mol. The van der Waals surface area contributed by atoms with Crippen molar-refractivity contribution in [2.24, 2.45) is 5.92 Å². The fourth-order valence-corrected chi connectivity index (χ4v) is 8.61. The van der Waals surface area contributed by atoms with Crippen LogP contribution < -0.4 is 4.74 Å². The Kier molecular flexibility index (Phi) is 12.0. The third-order valence-electron chi connectivity index (χ3n) is 10.9. The van der Waals surface area contributed by atoms with Gasteiger partial charge in [-0.05, 0) is 119 Å². The number of amides is 2. The first-order chi connectivity index (χ1) is 26.8. The molecule has 4 aromatic rings. The van der Waals surface area contributed by atoms with E-state index in [0.717, 1.165) is 60.9 Å². The monoisotopic (exact) mass is 809 g/mol. The van der Waals surface area contributed by atoms with Crippen LogP contribution in [0.25, 0.3) is 11.3 Å². The van der Waals surface area contributed by atoms with Crippen molar-refractivity contribution >= 4 is 35.2 Å². The number of nitrogens with zero attached hydrogens (tertiary/aromatic N) is 3. The molecule has 9 nitrogen and oxygen atoms in total. The predicted octanol–water partition coefficient (Wildman–Crippen LogP) is 10.1. The van der Waals surface area contributed by atoms with Crippen molar-refractivity contribution < 1.29 is 37.1 Å². The van der Waals surface area contributed by atoms with Crippen LogP contribution in [0.15, 0.2) is 65.2 Å². The molecule has 1 saturated carbocycles. The Morgan fingerprint density at radius 3 is 2.45 bits per heavy atom. The molecule has 7 rings (SSSR count). The Balaban J connectivity index is 1.13. The lowest BCUT2D eigenvalue weighted by atomic mass is 9.75. The molecule has 0 radical (unpaired) electrons. The zero-order valence-corrected chi connectivity index (χ0v) is 33.5. The maximum absolute atomic E-state index is 15.1. The van der Waals surface area contributed by atoms with Gasteiger partial charge in [-0.2, -0.15) is 0 Å².